The van der Waals surface area contributed by atoms with Crippen LogP contribution in [0, 0.1) is 0 Å². The van der Waals surface area contributed by atoms with Crippen LogP contribution in [0.2, 0.25) is 0 Å². The Kier molecular flexibility index (Phi) is 3.41. The summed E-state index contributed by atoms with van der Waals surface area (Å²) in [5.74, 6) is 0. The van der Waals surface area contributed by atoms with E-state index in [1.54, 1.807) is 0 Å². The molecule has 0 amide bonds. The van der Waals surface area contributed by atoms with Crippen LogP contribution in [-0.4, -0.2) is 19.3 Å². The Morgan fingerprint density at radius 3 is 1.89 bits per heavy atom. The van der Waals surface area contributed by atoms with Gasteiger partial charge in [0.15, 0.2) is 0 Å². The van der Waals surface area contributed by atoms with E-state index in [4.69, 9.17) is 9.31 Å². The average molecular weight is 253 g/mol. The van der Waals surface area contributed by atoms with Gasteiger partial charge >= 0.3 is 0 Å². The van der Waals surface area contributed by atoms with Crippen LogP contribution >= 0.6 is 0 Å². The second kappa shape index (κ2) is 5.20. The molecule has 3 heteroatoms. The maximum atomic E-state index is 6.29. The van der Waals surface area contributed by atoms with Crippen LogP contribution in [0.5, 0.6) is 0 Å². The summed E-state index contributed by atoms with van der Waals surface area (Å²) in [6, 6.07) is 20.5. The first kappa shape index (κ1) is 12.5. The third-order valence-electron chi connectivity index (χ3n) is 3.78. The van der Waals surface area contributed by atoms with Gasteiger partial charge in [0.1, 0.15) is 0 Å². The van der Waals surface area contributed by atoms with Gasteiger partial charge in [0.2, 0.25) is 0 Å². The first-order valence-electron chi connectivity index (χ1n) is 6.88. The number of hydrogen-bond donors (Lipinski definition) is 0. The molecule has 3 rings (SSSR count). The molecule has 0 saturated carbocycles. The van der Waals surface area contributed by atoms with E-state index in [0.29, 0.717) is 0 Å². The highest BCUT2D eigenvalue weighted by Gasteiger charge is 2.35. The molecule has 0 aliphatic carbocycles. The molecule has 2 aromatic rings. The van der Waals surface area contributed by atoms with Crippen LogP contribution in [-0.2, 0) is 9.31 Å². The lowest BCUT2D eigenvalue weighted by Crippen LogP contribution is -2.66. The smallest absolute Gasteiger partial charge is 0.299 e. The molecule has 1 fully saturated rings. The number of rotatable bonds is 2. The van der Waals surface area contributed by atoms with Crippen LogP contribution in [0.3, 0.4) is 0 Å². The lowest BCUT2D eigenvalue weighted by molar-refractivity contribution is 0.0738. The molecule has 98 valence electrons. The van der Waals surface area contributed by atoms with Gasteiger partial charge in [-0.3, -0.25) is 0 Å². The fourth-order valence-corrected chi connectivity index (χ4v) is 2.79. The molecule has 1 aliphatic rings. The van der Waals surface area contributed by atoms with Gasteiger partial charge in [-0.05, 0) is 13.3 Å². The van der Waals surface area contributed by atoms with E-state index in [1.165, 1.54) is 0 Å². The van der Waals surface area contributed by atoms with Gasteiger partial charge in [-0.25, -0.2) is 0 Å². The molecular formula is C16H18BO2-. The molecule has 2 aromatic carbocycles. The van der Waals surface area contributed by atoms with Crippen LogP contribution in [0.4, 0.5) is 0 Å². The van der Waals surface area contributed by atoms with Gasteiger partial charge in [-0.1, -0.05) is 60.7 Å². The summed E-state index contributed by atoms with van der Waals surface area (Å²) >= 11 is 0. The molecule has 19 heavy (non-hydrogen) atoms. The SMILES string of the molecule is C[C@@H]1CCO[B-](c2ccccc2)(c2ccccc2)O1. The average Bonchev–Trinajstić information content (AvgIpc) is 2.49. The molecule has 0 unspecified atom stereocenters. The van der Waals surface area contributed by atoms with Gasteiger partial charge < -0.3 is 9.31 Å². The maximum Gasteiger partial charge on any atom is 0.299 e. The van der Waals surface area contributed by atoms with E-state index in [9.17, 15) is 0 Å². The van der Waals surface area contributed by atoms with Crippen molar-refractivity contribution in [1.82, 2.24) is 0 Å². The Hall–Kier alpha value is -1.58. The fourth-order valence-electron chi connectivity index (χ4n) is 2.79. The Labute approximate surface area is 114 Å². The highest BCUT2D eigenvalue weighted by Crippen LogP contribution is 2.19. The van der Waals surface area contributed by atoms with E-state index in [0.717, 1.165) is 24.0 Å². The summed E-state index contributed by atoms with van der Waals surface area (Å²) in [6.07, 6.45) is 1.16. The monoisotopic (exact) mass is 253 g/mol. The molecule has 2 nitrogen and oxygen atoms in total. The van der Waals surface area contributed by atoms with Crippen molar-refractivity contribution in [3.05, 3.63) is 60.7 Å². The van der Waals surface area contributed by atoms with Gasteiger partial charge in [-0.15, -0.1) is 10.9 Å². The highest BCUT2D eigenvalue weighted by atomic mass is 16.6. The van der Waals surface area contributed by atoms with Crippen LogP contribution in [0.1, 0.15) is 13.3 Å². The largest absolute Gasteiger partial charge is 0.561 e. The molecule has 1 atom stereocenters. The first-order valence-corrected chi connectivity index (χ1v) is 6.88. The lowest BCUT2D eigenvalue weighted by Gasteiger charge is -2.49. The van der Waals surface area contributed by atoms with Crippen molar-refractivity contribution in [2.45, 2.75) is 19.4 Å². The second-order valence-corrected chi connectivity index (χ2v) is 5.14. The minimum absolute atomic E-state index is 0.217. The fraction of sp³-hybridized carbons (Fsp3) is 0.250. The zero-order valence-corrected chi connectivity index (χ0v) is 11.2. The lowest BCUT2D eigenvalue weighted by atomic mass is 9.45. The predicted molar refractivity (Wildman–Crippen MR) is 79.0 cm³/mol. The van der Waals surface area contributed by atoms with E-state index in [1.807, 2.05) is 36.4 Å². The topological polar surface area (TPSA) is 18.5 Å². The van der Waals surface area contributed by atoms with E-state index in [-0.39, 0.29) is 6.10 Å². The summed E-state index contributed by atoms with van der Waals surface area (Å²) in [6.45, 7) is 1.31. The Morgan fingerprint density at radius 1 is 0.895 bits per heavy atom. The quantitative estimate of drug-likeness (QED) is 0.763. The van der Waals surface area contributed by atoms with Gasteiger partial charge in [0, 0.05) is 12.7 Å². The van der Waals surface area contributed by atoms with Crippen molar-refractivity contribution in [3.8, 4) is 0 Å². The van der Waals surface area contributed by atoms with Crippen molar-refractivity contribution in [1.29, 1.82) is 0 Å². The molecule has 1 saturated heterocycles. The van der Waals surface area contributed by atoms with Crippen LogP contribution < -0.4 is 10.9 Å². The normalized spacial score (nSPS) is 22.1. The summed E-state index contributed by atoms with van der Waals surface area (Å²) in [5.41, 5.74) is 2.22. The minimum Gasteiger partial charge on any atom is -0.561 e. The summed E-state index contributed by atoms with van der Waals surface area (Å²) < 4.78 is 12.4. The zero-order chi connectivity index (χ0) is 13.1. The van der Waals surface area contributed by atoms with Gasteiger partial charge in [0.05, 0.1) is 0 Å². The predicted octanol–water partition coefficient (Wildman–Crippen LogP) is 2.07. The molecule has 0 aromatic heterocycles. The van der Waals surface area contributed by atoms with Crippen molar-refractivity contribution in [2.75, 3.05) is 6.61 Å². The van der Waals surface area contributed by atoms with Crippen molar-refractivity contribution < 1.29 is 9.31 Å². The molecule has 0 N–H and O–H groups in total. The third-order valence-corrected chi connectivity index (χ3v) is 3.78. The summed E-state index contributed by atoms with van der Waals surface area (Å²) in [4.78, 5) is 0. The van der Waals surface area contributed by atoms with Crippen LogP contribution in [0.25, 0.3) is 0 Å². The maximum absolute atomic E-state index is 6.29. The Morgan fingerprint density at radius 2 is 1.42 bits per heavy atom. The standard InChI is InChI=1S/C16H18BO2/c1-14-12-13-18-17(19-14,15-8-4-2-5-9-15)16-10-6-3-7-11-16/h2-11,14H,12-13H2,1H3/q-1/t14-/m1/s1. The third kappa shape index (κ3) is 2.31. The number of benzene rings is 2. The summed E-state index contributed by atoms with van der Waals surface area (Å²) in [5, 5.41) is 0. The summed E-state index contributed by atoms with van der Waals surface area (Å²) in [7, 11) is 0. The molecular weight excluding hydrogens is 235 g/mol. The molecule has 0 radical (unpaired) electrons. The molecule has 1 aliphatic heterocycles. The first-order chi connectivity index (χ1) is 9.31. The molecule has 0 spiro atoms. The Bertz CT molecular complexity index is 487. The second-order valence-electron chi connectivity index (χ2n) is 5.14. The minimum atomic E-state index is -1.54. The number of hydrogen-bond acceptors (Lipinski definition) is 2. The van der Waals surface area contributed by atoms with Gasteiger partial charge in [0.25, 0.3) is 6.55 Å². The molecule has 1 heterocycles. The van der Waals surface area contributed by atoms with Crippen molar-refractivity contribution in [3.63, 3.8) is 0 Å². The molecule has 0 bridgehead atoms. The van der Waals surface area contributed by atoms with E-state index in [2.05, 4.69) is 31.2 Å². The van der Waals surface area contributed by atoms with Crippen molar-refractivity contribution in [2.24, 2.45) is 0 Å². The highest BCUT2D eigenvalue weighted by molar-refractivity contribution is 6.92. The van der Waals surface area contributed by atoms with Crippen molar-refractivity contribution >= 4 is 17.5 Å². The zero-order valence-electron chi connectivity index (χ0n) is 11.2. The van der Waals surface area contributed by atoms with Gasteiger partial charge in [-0.2, -0.15) is 0 Å². The van der Waals surface area contributed by atoms with E-state index < -0.39 is 6.55 Å². The Balaban J connectivity index is 2.11. The van der Waals surface area contributed by atoms with Crippen LogP contribution in [0.15, 0.2) is 60.7 Å². The van der Waals surface area contributed by atoms with E-state index >= 15 is 0 Å².